The largest absolute Gasteiger partial charge is 0.341 e. The lowest BCUT2D eigenvalue weighted by atomic mass is 10.2. The molecule has 2 heterocycles. The maximum atomic E-state index is 12.7. The molecule has 2 aromatic heterocycles. The molecule has 4 rings (SSSR count). The zero-order valence-electron chi connectivity index (χ0n) is 15.4. The molecule has 0 atom stereocenters. The molecule has 0 bridgehead atoms. The highest BCUT2D eigenvalue weighted by atomic mass is 32.2. The number of halogens is 2. The Hall–Kier alpha value is -2.56. The molecule has 0 spiro atoms. The molecule has 0 saturated carbocycles. The first kappa shape index (κ1) is 20.7. The van der Waals surface area contributed by atoms with Gasteiger partial charge in [0.2, 0.25) is 9.84 Å². The Labute approximate surface area is 180 Å². The third kappa shape index (κ3) is 4.16. The number of nitrogens with zero attached hydrogens (tertiary/aromatic N) is 3. The molecule has 0 radical (unpaired) electrons. The number of hydrogen-bond acceptors (Lipinski definition) is 6. The van der Waals surface area contributed by atoms with Crippen LogP contribution >= 0.6 is 23.1 Å². The number of benzene rings is 2. The zero-order valence-corrected chi connectivity index (χ0v) is 17.8. The number of thiophene rings is 1. The molecule has 0 amide bonds. The molecule has 2 aromatic carbocycles. The Morgan fingerprint density at radius 3 is 2.33 bits per heavy atom. The quantitative estimate of drug-likeness (QED) is 0.349. The Morgan fingerprint density at radius 1 is 0.967 bits per heavy atom. The molecule has 154 valence electrons. The first-order chi connectivity index (χ1) is 14.5. The van der Waals surface area contributed by atoms with Crippen molar-refractivity contribution in [3.8, 4) is 16.4 Å². The van der Waals surface area contributed by atoms with E-state index in [0.29, 0.717) is 10.9 Å². The predicted octanol–water partition coefficient (Wildman–Crippen LogP) is 5.28. The minimum absolute atomic E-state index is 0.390. The predicted molar refractivity (Wildman–Crippen MR) is 114 cm³/mol. The molecule has 10 heteroatoms. The van der Waals surface area contributed by atoms with Crippen LogP contribution < -0.4 is 0 Å². The van der Waals surface area contributed by atoms with E-state index in [1.807, 2.05) is 52.4 Å². The van der Waals surface area contributed by atoms with Gasteiger partial charge in [-0.25, -0.2) is 8.42 Å². The van der Waals surface area contributed by atoms with E-state index >= 15 is 0 Å². The number of alkyl halides is 2. The zero-order chi connectivity index (χ0) is 21.1. The average Bonchev–Trinajstić information content (AvgIpc) is 3.42. The number of aromatic nitrogens is 3. The van der Waals surface area contributed by atoms with Gasteiger partial charge < -0.3 is 0 Å². The molecule has 0 fully saturated rings. The van der Waals surface area contributed by atoms with Gasteiger partial charge in [-0.2, -0.15) is 8.78 Å². The van der Waals surface area contributed by atoms with Gasteiger partial charge >= 0.3 is 5.76 Å². The molecular formula is C20H15F2N3O2S3. The van der Waals surface area contributed by atoms with Gasteiger partial charge in [0.05, 0.1) is 9.77 Å². The van der Waals surface area contributed by atoms with Crippen molar-refractivity contribution in [2.24, 2.45) is 0 Å². The number of thioether (sulfide) groups is 1. The minimum atomic E-state index is -4.59. The molecule has 4 aromatic rings. The summed E-state index contributed by atoms with van der Waals surface area (Å²) in [5.74, 6) is -2.22. The van der Waals surface area contributed by atoms with Crippen LogP contribution in [0.25, 0.3) is 16.4 Å². The molecule has 5 nitrogen and oxygen atoms in total. The van der Waals surface area contributed by atoms with Crippen LogP contribution in [0.1, 0.15) is 5.56 Å². The van der Waals surface area contributed by atoms with E-state index < -0.39 is 20.5 Å². The fourth-order valence-corrected chi connectivity index (χ4v) is 5.09. The van der Waals surface area contributed by atoms with Crippen molar-refractivity contribution in [2.75, 3.05) is 0 Å². The van der Waals surface area contributed by atoms with Crippen molar-refractivity contribution >= 4 is 32.9 Å². The molecule has 30 heavy (non-hydrogen) atoms. The summed E-state index contributed by atoms with van der Waals surface area (Å²) >= 11 is 3.00. The fraction of sp³-hybridized carbons (Fsp3) is 0.100. The summed E-state index contributed by atoms with van der Waals surface area (Å²) in [6, 6.07) is 19.1. The first-order valence-corrected chi connectivity index (χ1v) is 12.2. The van der Waals surface area contributed by atoms with Crippen LogP contribution in [-0.2, 0) is 15.6 Å². The van der Waals surface area contributed by atoms with Gasteiger partial charge in [-0.1, -0.05) is 48.2 Å². The second kappa shape index (κ2) is 8.66. The summed E-state index contributed by atoms with van der Waals surface area (Å²) in [4.78, 5) is 0.596. The standard InChI is InChI=1S/C20H15F2N3O2S3/c21-19(22)30(26,27)16-10-8-14(9-11-16)13-29-20-24-23-18(17-7-4-12-28-17)25(20)15-5-2-1-3-6-15/h1-12,19H,13H2. The van der Waals surface area contributed by atoms with Gasteiger partial charge in [0.25, 0.3) is 0 Å². The molecule has 0 aliphatic heterocycles. The van der Waals surface area contributed by atoms with E-state index in [-0.39, 0.29) is 0 Å². The van der Waals surface area contributed by atoms with Crippen molar-refractivity contribution in [1.82, 2.24) is 14.8 Å². The Balaban J connectivity index is 1.60. The van der Waals surface area contributed by atoms with Crippen LogP contribution in [0, 0.1) is 0 Å². The third-order valence-corrected chi connectivity index (χ3v) is 7.51. The van der Waals surface area contributed by atoms with Crippen LogP contribution in [0.15, 0.2) is 82.2 Å². The van der Waals surface area contributed by atoms with Gasteiger partial charge in [0.1, 0.15) is 0 Å². The Kier molecular flexibility index (Phi) is 5.98. The lowest BCUT2D eigenvalue weighted by Crippen LogP contribution is -2.11. The minimum Gasteiger partial charge on any atom is -0.269 e. The number of sulfone groups is 1. The van der Waals surface area contributed by atoms with E-state index in [1.54, 1.807) is 11.3 Å². The average molecular weight is 464 g/mol. The molecule has 0 aliphatic rings. The highest BCUT2D eigenvalue weighted by Crippen LogP contribution is 2.32. The monoisotopic (exact) mass is 463 g/mol. The molecular weight excluding hydrogens is 448 g/mol. The molecule has 0 aliphatic carbocycles. The van der Waals surface area contributed by atoms with Gasteiger partial charge in [0, 0.05) is 11.4 Å². The van der Waals surface area contributed by atoms with Gasteiger partial charge in [0.15, 0.2) is 11.0 Å². The summed E-state index contributed by atoms with van der Waals surface area (Å²) in [6.07, 6.45) is 0. The molecule has 0 N–H and O–H groups in total. The summed E-state index contributed by atoms with van der Waals surface area (Å²) < 4.78 is 50.5. The maximum Gasteiger partial charge on any atom is 0.341 e. The van der Waals surface area contributed by atoms with Crippen molar-refractivity contribution in [3.63, 3.8) is 0 Å². The third-order valence-electron chi connectivity index (χ3n) is 4.24. The SMILES string of the molecule is O=S(=O)(c1ccc(CSc2nnc(-c3cccs3)n2-c2ccccc2)cc1)C(F)F. The van der Waals surface area contributed by atoms with Crippen LogP contribution in [-0.4, -0.2) is 28.9 Å². The van der Waals surface area contributed by atoms with Crippen molar-refractivity contribution < 1.29 is 17.2 Å². The van der Waals surface area contributed by atoms with Crippen molar-refractivity contribution in [2.45, 2.75) is 21.6 Å². The van der Waals surface area contributed by atoms with Crippen LogP contribution in [0.2, 0.25) is 0 Å². The fourth-order valence-electron chi connectivity index (χ4n) is 2.76. The van der Waals surface area contributed by atoms with E-state index in [1.165, 1.54) is 36.0 Å². The first-order valence-electron chi connectivity index (χ1n) is 8.75. The van der Waals surface area contributed by atoms with E-state index in [9.17, 15) is 17.2 Å². The summed E-state index contributed by atoms with van der Waals surface area (Å²) in [5, 5.41) is 11.3. The number of rotatable bonds is 7. The van der Waals surface area contributed by atoms with E-state index in [4.69, 9.17) is 0 Å². The lowest BCUT2D eigenvalue weighted by Gasteiger charge is -2.09. The molecule has 0 unspecified atom stereocenters. The smallest absolute Gasteiger partial charge is 0.269 e. The topological polar surface area (TPSA) is 64.8 Å². The Bertz CT molecular complexity index is 1220. The highest BCUT2D eigenvalue weighted by molar-refractivity contribution is 7.98. The summed E-state index contributed by atoms with van der Waals surface area (Å²) in [6.45, 7) is 0. The van der Waals surface area contributed by atoms with Crippen molar-refractivity contribution in [3.05, 3.63) is 77.7 Å². The number of para-hydroxylation sites is 1. The van der Waals surface area contributed by atoms with E-state index in [2.05, 4.69) is 10.2 Å². The number of hydrogen-bond donors (Lipinski definition) is 0. The highest BCUT2D eigenvalue weighted by Gasteiger charge is 2.26. The van der Waals surface area contributed by atoms with Crippen LogP contribution in [0.4, 0.5) is 8.78 Å². The van der Waals surface area contributed by atoms with Gasteiger partial charge in [-0.3, -0.25) is 4.57 Å². The second-order valence-corrected chi connectivity index (χ2v) is 10.0. The maximum absolute atomic E-state index is 12.7. The summed E-state index contributed by atoms with van der Waals surface area (Å²) in [7, 11) is -4.59. The van der Waals surface area contributed by atoms with Gasteiger partial charge in [-0.05, 0) is 41.3 Å². The normalized spacial score (nSPS) is 11.8. The van der Waals surface area contributed by atoms with Crippen LogP contribution in [0.3, 0.4) is 0 Å². The Morgan fingerprint density at radius 2 is 1.70 bits per heavy atom. The van der Waals surface area contributed by atoms with E-state index in [0.717, 1.165) is 22.0 Å². The second-order valence-electron chi connectivity index (χ2n) is 6.19. The summed E-state index contributed by atoms with van der Waals surface area (Å²) in [5.41, 5.74) is 1.71. The van der Waals surface area contributed by atoms with Crippen LogP contribution in [0.5, 0.6) is 0 Å². The van der Waals surface area contributed by atoms with Crippen molar-refractivity contribution in [1.29, 1.82) is 0 Å². The molecule has 0 saturated heterocycles. The lowest BCUT2D eigenvalue weighted by molar-refractivity contribution is 0.234. The van der Waals surface area contributed by atoms with Gasteiger partial charge in [-0.15, -0.1) is 21.5 Å².